The van der Waals surface area contributed by atoms with Crippen LogP contribution in [0.2, 0.25) is 0 Å². The van der Waals surface area contributed by atoms with Crippen LogP contribution in [0.5, 0.6) is 0 Å². The number of benzene rings is 1. The van der Waals surface area contributed by atoms with Gasteiger partial charge < -0.3 is 14.8 Å². The van der Waals surface area contributed by atoms with Gasteiger partial charge in [-0.1, -0.05) is 30.3 Å². The summed E-state index contributed by atoms with van der Waals surface area (Å²) in [6.45, 7) is 7.64. The summed E-state index contributed by atoms with van der Waals surface area (Å²) in [5.41, 5.74) is 0.577. The zero-order valence-electron chi connectivity index (χ0n) is 16.8. The zero-order valence-corrected chi connectivity index (χ0v) is 16.8. The highest BCUT2D eigenvalue weighted by atomic mass is 16.6. The van der Waals surface area contributed by atoms with Crippen molar-refractivity contribution in [2.75, 3.05) is 7.11 Å². The van der Waals surface area contributed by atoms with Crippen molar-refractivity contribution in [2.45, 2.75) is 70.3 Å². The molecular weight excluding hydrogens is 344 g/mol. The molecule has 1 aromatic carbocycles. The molecule has 27 heavy (non-hydrogen) atoms. The first kappa shape index (κ1) is 19.7. The summed E-state index contributed by atoms with van der Waals surface area (Å²) >= 11 is 0. The minimum absolute atomic E-state index is 0.0585. The van der Waals surface area contributed by atoms with Gasteiger partial charge >= 0.3 is 12.1 Å². The number of amides is 1. The topological polar surface area (TPSA) is 67.9 Å². The first-order chi connectivity index (χ1) is 12.7. The van der Waals surface area contributed by atoms with Crippen LogP contribution in [0.3, 0.4) is 0 Å². The Bertz CT molecular complexity index is 685. The highest BCUT2D eigenvalue weighted by molar-refractivity contribution is 5.79. The predicted molar refractivity (Wildman–Crippen MR) is 102 cm³/mol. The van der Waals surface area contributed by atoms with Gasteiger partial charge in [0.05, 0.1) is 25.1 Å². The quantitative estimate of drug-likeness (QED) is 0.819. The van der Waals surface area contributed by atoms with E-state index in [-0.39, 0.29) is 42.1 Å². The van der Waals surface area contributed by atoms with Crippen LogP contribution >= 0.6 is 0 Å². The number of hydrogen-bond acceptors (Lipinski definition) is 5. The molecule has 2 aliphatic heterocycles. The molecule has 148 valence electrons. The fourth-order valence-corrected chi connectivity index (χ4v) is 4.42. The highest BCUT2D eigenvalue weighted by Gasteiger charge is 2.59. The standard InChI is InChI=1S/C21H30N2O4/c1-13(14-9-7-6-8-10-14)22-18-16-12-11-15(17(18)19(24)26-5)23(16)20(25)27-21(2,3)4/h6-10,13,15-18,22H,11-12H2,1-5H3. The van der Waals surface area contributed by atoms with E-state index in [2.05, 4.69) is 24.4 Å². The lowest BCUT2D eigenvalue weighted by Gasteiger charge is -2.31. The molecular formula is C21H30N2O4. The Hall–Kier alpha value is -2.08. The molecule has 5 unspecified atom stereocenters. The second-order valence-corrected chi connectivity index (χ2v) is 8.47. The molecule has 5 atom stereocenters. The third kappa shape index (κ3) is 3.95. The van der Waals surface area contributed by atoms with Crippen LogP contribution < -0.4 is 5.32 Å². The molecule has 2 heterocycles. The molecule has 2 bridgehead atoms. The molecule has 0 aliphatic carbocycles. The number of nitrogens with zero attached hydrogens (tertiary/aromatic N) is 1. The van der Waals surface area contributed by atoms with E-state index in [0.29, 0.717) is 0 Å². The largest absolute Gasteiger partial charge is 0.469 e. The number of carbonyl (C=O) groups excluding carboxylic acids is 2. The van der Waals surface area contributed by atoms with Gasteiger partial charge in [0.15, 0.2) is 0 Å². The minimum atomic E-state index is -0.569. The van der Waals surface area contributed by atoms with E-state index in [1.165, 1.54) is 7.11 Å². The van der Waals surface area contributed by atoms with Gasteiger partial charge in [0, 0.05) is 12.1 Å². The van der Waals surface area contributed by atoms with Gasteiger partial charge in [0.2, 0.25) is 0 Å². The van der Waals surface area contributed by atoms with Crippen molar-refractivity contribution in [3.05, 3.63) is 35.9 Å². The van der Waals surface area contributed by atoms with Crippen LogP contribution in [0.15, 0.2) is 30.3 Å². The molecule has 3 rings (SSSR count). The first-order valence-electron chi connectivity index (χ1n) is 9.63. The van der Waals surface area contributed by atoms with Crippen LogP contribution in [0.4, 0.5) is 4.79 Å². The molecule has 0 spiro atoms. The number of methoxy groups -OCH3 is 1. The molecule has 1 amide bonds. The minimum Gasteiger partial charge on any atom is -0.469 e. The highest BCUT2D eigenvalue weighted by Crippen LogP contribution is 2.44. The van der Waals surface area contributed by atoms with Crippen LogP contribution in [-0.4, -0.2) is 47.8 Å². The Labute approximate surface area is 161 Å². The van der Waals surface area contributed by atoms with E-state index >= 15 is 0 Å². The number of ether oxygens (including phenoxy) is 2. The normalized spacial score (nSPS) is 28.1. The molecule has 2 aliphatic rings. The molecule has 0 saturated carbocycles. The fourth-order valence-electron chi connectivity index (χ4n) is 4.42. The molecule has 2 saturated heterocycles. The lowest BCUT2D eigenvalue weighted by Crippen LogP contribution is -2.49. The summed E-state index contributed by atoms with van der Waals surface area (Å²) in [4.78, 5) is 27.1. The first-order valence-corrected chi connectivity index (χ1v) is 9.63. The Morgan fingerprint density at radius 3 is 2.37 bits per heavy atom. The van der Waals surface area contributed by atoms with Crippen molar-refractivity contribution in [1.29, 1.82) is 0 Å². The SMILES string of the molecule is COC(=O)C1C(NC(C)c2ccccc2)C2CCC1N2C(=O)OC(C)(C)C. The van der Waals surface area contributed by atoms with Gasteiger partial charge in [-0.25, -0.2) is 4.79 Å². The Balaban J connectivity index is 1.83. The number of rotatable bonds is 4. The smallest absolute Gasteiger partial charge is 0.410 e. The maximum Gasteiger partial charge on any atom is 0.410 e. The van der Waals surface area contributed by atoms with Gasteiger partial charge in [0.25, 0.3) is 0 Å². The lowest BCUT2D eigenvalue weighted by atomic mass is 9.84. The van der Waals surface area contributed by atoms with E-state index < -0.39 is 5.60 Å². The fraction of sp³-hybridized carbons (Fsp3) is 0.619. The molecule has 6 nitrogen and oxygen atoms in total. The van der Waals surface area contributed by atoms with Crippen molar-refractivity contribution in [1.82, 2.24) is 10.2 Å². The van der Waals surface area contributed by atoms with E-state index in [1.807, 2.05) is 39.0 Å². The summed E-state index contributed by atoms with van der Waals surface area (Å²) in [7, 11) is 1.41. The monoisotopic (exact) mass is 374 g/mol. The average molecular weight is 374 g/mol. The Kier molecular flexibility index (Phi) is 5.47. The van der Waals surface area contributed by atoms with Crippen molar-refractivity contribution in [3.8, 4) is 0 Å². The molecule has 6 heteroatoms. The second-order valence-electron chi connectivity index (χ2n) is 8.47. The number of hydrogen-bond donors (Lipinski definition) is 1. The van der Waals surface area contributed by atoms with Gasteiger partial charge in [0.1, 0.15) is 5.60 Å². The van der Waals surface area contributed by atoms with Crippen LogP contribution in [0.25, 0.3) is 0 Å². The number of esters is 1. The number of carbonyl (C=O) groups is 2. The third-order valence-electron chi connectivity index (χ3n) is 5.51. The Morgan fingerprint density at radius 2 is 1.78 bits per heavy atom. The molecule has 1 N–H and O–H groups in total. The third-order valence-corrected chi connectivity index (χ3v) is 5.51. The summed E-state index contributed by atoms with van der Waals surface area (Å²) in [6.07, 6.45) is 1.30. The zero-order chi connectivity index (χ0) is 19.8. The predicted octanol–water partition coefficient (Wildman–Crippen LogP) is 3.28. The van der Waals surface area contributed by atoms with Crippen LogP contribution in [-0.2, 0) is 14.3 Å². The van der Waals surface area contributed by atoms with Crippen molar-refractivity contribution >= 4 is 12.1 Å². The maximum atomic E-state index is 12.8. The van der Waals surface area contributed by atoms with Gasteiger partial charge in [-0.2, -0.15) is 0 Å². The summed E-state index contributed by atoms with van der Waals surface area (Å²) in [6, 6.07) is 9.75. The van der Waals surface area contributed by atoms with Crippen molar-refractivity contribution in [2.24, 2.45) is 5.92 Å². The van der Waals surface area contributed by atoms with Gasteiger partial charge in [-0.05, 0) is 46.1 Å². The van der Waals surface area contributed by atoms with E-state index in [9.17, 15) is 9.59 Å². The number of nitrogens with one attached hydrogen (secondary N) is 1. The van der Waals surface area contributed by atoms with Crippen LogP contribution in [0, 0.1) is 5.92 Å². The Morgan fingerprint density at radius 1 is 1.15 bits per heavy atom. The second kappa shape index (κ2) is 7.50. The summed E-state index contributed by atoms with van der Waals surface area (Å²) < 4.78 is 10.7. The summed E-state index contributed by atoms with van der Waals surface area (Å²) in [5.74, 6) is -0.652. The molecule has 1 aromatic rings. The van der Waals surface area contributed by atoms with Gasteiger partial charge in [-0.15, -0.1) is 0 Å². The van der Waals surface area contributed by atoms with Crippen molar-refractivity contribution in [3.63, 3.8) is 0 Å². The average Bonchev–Trinajstić information content (AvgIpc) is 3.16. The van der Waals surface area contributed by atoms with Gasteiger partial charge in [-0.3, -0.25) is 9.69 Å². The van der Waals surface area contributed by atoms with Crippen LogP contribution in [0.1, 0.15) is 52.1 Å². The molecule has 0 radical (unpaired) electrons. The van der Waals surface area contributed by atoms with Crippen molar-refractivity contribution < 1.29 is 19.1 Å². The summed E-state index contributed by atoms with van der Waals surface area (Å²) in [5, 5.41) is 3.59. The van der Waals surface area contributed by atoms with E-state index in [4.69, 9.17) is 9.47 Å². The van der Waals surface area contributed by atoms with E-state index in [0.717, 1.165) is 18.4 Å². The van der Waals surface area contributed by atoms with E-state index in [1.54, 1.807) is 4.90 Å². The lowest BCUT2D eigenvalue weighted by molar-refractivity contribution is -0.147. The number of fused-ring (bicyclic) bond motifs is 2. The molecule has 0 aromatic heterocycles. The maximum absolute atomic E-state index is 12.8. The molecule has 2 fully saturated rings.